The molecule has 2 aromatic carbocycles. The molecule has 1 N–H and O–H groups in total. The fourth-order valence-electron chi connectivity index (χ4n) is 6.24. The second-order valence-electron chi connectivity index (χ2n) is 11.3. The van der Waals surface area contributed by atoms with Crippen molar-refractivity contribution in [1.82, 2.24) is 10.3 Å². The van der Waals surface area contributed by atoms with Crippen LogP contribution in [0.1, 0.15) is 54.2 Å². The van der Waals surface area contributed by atoms with E-state index in [-0.39, 0.29) is 18.1 Å². The first-order valence-electron chi connectivity index (χ1n) is 14.2. The van der Waals surface area contributed by atoms with Crippen LogP contribution in [0, 0.1) is 11.8 Å². The third kappa shape index (κ3) is 5.49. The molecule has 0 aliphatic carbocycles. The number of carbonyl (C=O) groups is 1. The summed E-state index contributed by atoms with van der Waals surface area (Å²) in [4.78, 5) is 21.0. The second-order valence-corrected chi connectivity index (χ2v) is 12.0. The molecule has 216 valence electrons. The maximum absolute atomic E-state index is 11.9. The number of rotatable bonds is 6. The van der Waals surface area contributed by atoms with Crippen molar-refractivity contribution in [2.45, 2.75) is 32.4 Å². The van der Waals surface area contributed by atoms with Crippen LogP contribution in [-0.4, -0.2) is 36.3 Å². The fraction of sp³-hybridized carbons (Fsp3) is 0.303. The molecule has 0 bridgehead atoms. The Kier molecular flexibility index (Phi) is 7.92. The van der Waals surface area contributed by atoms with Crippen LogP contribution in [0.25, 0.3) is 11.3 Å². The summed E-state index contributed by atoms with van der Waals surface area (Å²) in [5.41, 5.74) is 4.11. The maximum Gasteiger partial charge on any atom is 0.337 e. The highest BCUT2D eigenvalue weighted by Crippen LogP contribution is 2.44. The average molecular weight is 601 g/mol. The van der Waals surface area contributed by atoms with Crippen molar-refractivity contribution < 1.29 is 13.9 Å². The van der Waals surface area contributed by atoms with Crippen molar-refractivity contribution in [2.75, 3.05) is 30.0 Å². The second kappa shape index (κ2) is 11.8. The molecule has 0 amide bonds. The van der Waals surface area contributed by atoms with Crippen molar-refractivity contribution in [3.63, 3.8) is 0 Å². The van der Waals surface area contributed by atoms with E-state index < -0.39 is 0 Å². The first-order valence-corrected chi connectivity index (χ1v) is 14.9. The van der Waals surface area contributed by atoms with Crippen LogP contribution >= 0.6 is 23.8 Å². The summed E-state index contributed by atoms with van der Waals surface area (Å²) in [6.45, 7) is 6.58. The lowest BCUT2D eigenvalue weighted by molar-refractivity contribution is 0.0600. The number of hydrogen-bond acceptors (Lipinski definition) is 6. The number of hydrogen-bond donors (Lipinski definition) is 1. The number of nitrogens with one attached hydrogen (secondary N) is 1. The zero-order valence-corrected chi connectivity index (χ0v) is 25.4. The number of ether oxygens (including phenoxy) is 1. The van der Waals surface area contributed by atoms with Gasteiger partial charge in [0.1, 0.15) is 17.6 Å². The summed E-state index contributed by atoms with van der Waals surface area (Å²) in [5, 5.41) is 4.75. The third-order valence-electron chi connectivity index (χ3n) is 8.03. The largest absolute Gasteiger partial charge is 0.465 e. The Balaban J connectivity index is 1.36. The summed E-state index contributed by atoms with van der Waals surface area (Å²) in [6.07, 6.45) is 3.01. The normalized spacial score (nSPS) is 22.2. The number of carbonyl (C=O) groups excluding carboxylic acids is 1. The van der Waals surface area contributed by atoms with Gasteiger partial charge in [-0.25, -0.2) is 4.79 Å². The lowest BCUT2D eigenvalue weighted by Crippen LogP contribution is -2.38. The molecule has 2 saturated heterocycles. The Morgan fingerprint density at radius 3 is 2.48 bits per heavy atom. The number of halogens is 1. The summed E-state index contributed by atoms with van der Waals surface area (Å²) >= 11 is 12.9. The quantitative estimate of drug-likeness (QED) is 0.181. The number of furan rings is 1. The molecule has 4 heterocycles. The van der Waals surface area contributed by atoms with E-state index in [1.807, 2.05) is 48.5 Å². The average Bonchev–Trinajstić information content (AvgIpc) is 3.61. The third-order valence-corrected chi connectivity index (χ3v) is 8.64. The van der Waals surface area contributed by atoms with Gasteiger partial charge >= 0.3 is 5.97 Å². The van der Waals surface area contributed by atoms with Crippen molar-refractivity contribution in [3.8, 4) is 11.3 Å². The van der Waals surface area contributed by atoms with Gasteiger partial charge in [-0.05, 0) is 85.1 Å². The molecular formula is C33H33ClN4O3S. The SMILES string of the molecule is COC(=O)c1ccc(-c2ccc([C@H]3[C@H](c4ccccn4)NC(=S)N3c3ccc(N4C[C@H](C)C[C@H](C)C4)c(Cl)c3)o2)cc1. The number of methoxy groups -OCH3 is 1. The predicted molar refractivity (Wildman–Crippen MR) is 170 cm³/mol. The number of benzene rings is 2. The van der Waals surface area contributed by atoms with Crippen LogP contribution in [0.3, 0.4) is 0 Å². The highest BCUT2D eigenvalue weighted by atomic mass is 35.5. The highest BCUT2D eigenvalue weighted by Gasteiger charge is 2.43. The number of anilines is 2. The minimum Gasteiger partial charge on any atom is -0.465 e. The Bertz CT molecular complexity index is 1580. The molecule has 6 rings (SSSR count). The monoisotopic (exact) mass is 600 g/mol. The molecule has 2 aromatic heterocycles. The number of thiocarbonyl (C=S) groups is 1. The number of nitrogens with zero attached hydrogens (tertiary/aromatic N) is 3. The van der Waals surface area contributed by atoms with Gasteiger partial charge in [-0.2, -0.15) is 0 Å². The first-order chi connectivity index (χ1) is 20.3. The lowest BCUT2D eigenvalue weighted by atomic mass is 9.91. The summed E-state index contributed by atoms with van der Waals surface area (Å²) < 4.78 is 11.3. The van der Waals surface area contributed by atoms with Gasteiger partial charge in [-0.1, -0.05) is 43.6 Å². The molecule has 0 unspecified atom stereocenters. The molecule has 0 saturated carbocycles. The van der Waals surface area contributed by atoms with Crippen molar-refractivity contribution >= 4 is 46.3 Å². The van der Waals surface area contributed by atoms with E-state index in [1.165, 1.54) is 13.5 Å². The summed E-state index contributed by atoms with van der Waals surface area (Å²) in [5.74, 6) is 2.26. The topological polar surface area (TPSA) is 70.8 Å². The van der Waals surface area contributed by atoms with Gasteiger partial charge in [0, 0.05) is 30.5 Å². The molecule has 2 aliphatic rings. The van der Waals surface area contributed by atoms with Crippen molar-refractivity contribution in [1.29, 1.82) is 0 Å². The van der Waals surface area contributed by atoms with Gasteiger partial charge in [0.05, 0.1) is 35.1 Å². The minimum atomic E-state index is -0.380. The molecule has 2 fully saturated rings. The number of aromatic nitrogens is 1. The van der Waals surface area contributed by atoms with E-state index in [0.29, 0.717) is 33.3 Å². The van der Waals surface area contributed by atoms with E-state index in [1.54, 1.807) is 18.3 Å². The van der Waals surface area contributed by atoms with E-state index in [2.05, 4.69) is 46.1 Å². The Morgan fingerprint density at radius 1 is 1.05 bits per heavy atom. The van der Waals surface area contributed by atoms with Crippen molar-refractivity contribution in [3.05, 3.63) is 101 Å². The highest BCUT2D eigenvalue weighted by molar-refractivity contribution is 7.80. The lowest BCUT2D eigenvalue weighted by Gasteiger charge is -2.37. The smallest absolute Gasteiger partial charge is 0.337 e. The van der Waals surface area contributed by atoms with Crippen molar-refractivity contribution in [2.24, 2.45) is 11.8 Å². The fourth-order valence-corrected chi connectivity index (χ4v) is 6.88. The van der Waals surface area contributed by atoms with Crippen LogP contribution in [0.5, 0.6) is 0 Å². The first kappa shape index (κ1) is 28.2. The van der Waals surface area contributed by atoms with Crippen LogP contribution < -0.4 is 15.1 Å². The summed E-state index contributed by atoms with van der Waals surface area (Å²) in [7, 11) is 1.37. The zero-order valence-electron chi connectivity index (χ0n) is 23.8. The van der Waals surface area contributed by atoms with Crippen LogP contribution in [0.2, 0.25) is 5.02 Å². The molecule has 2 aliphatic heterocycles. The summed E-state index contributed by atoms with van der Waals surface area (Å²) in [6, 6.07) is 22.5. The minimum absolute atomic E-state index is 0.248. The van der Waals surface area contributed by atoms with E-state index in [9.17, 15) is 4.79 Å². The van der Waals surface area contributed by atoms with Gasteiger partial charge in [0.15, 0.2) is 5.11 Å². The van der Waals surface area contributed by atoms with Gasteiger partial charge in [0.2, 0.25) is 0 Å². The molecule has 7 nitrogen and oxygen atoms in total. The van der Waals surface area contributed by atoms with E-state index in [4.69, 9.17) is 33.0 Å². The van der Waals surface area contributed by atoms with E-state index in [0.717, 1.165) is 41.5 Å². The number of piperidine rings is 1. The Morgan fingerprint density at radius 2 is 1.81 bits per heavy atom. The molecule has 4 aromatic rings. The van der Waals surface area contributed by atoms with Gasteiger partial charge in [-0.3, -0.25) is 4.98 Å². The Hall–Kier alpha value is -3.88. The molecule has 0 spiro atoms. The predicted octanol–water partition coefficient (Wildman–Crippen LogP) is 7.44. The van der Waals surface area contributed by atoms with E-state index >= 15 is 0 Å². The molecule has 4 atom stereocenters. The van der Waals surface area contributed by atoms with Crippen LogP contribution in [-0.2, 0) is 4.74 Å². The molecule has 42 heavy (non-hydrogen) atoms. The van der Waals surface area contributed by atoms with Gasteiger partial charge in [0.25, 0.3) is 0 Å². The van der Waals surface area contributed by atoms with Crippen LogP contribution in [0.4, 0.5) is 11.4 Å². The maximum atomic E-state index is 11.9. The molecular weight excluding hydrogens is 568 g/mol. The standard InChI is InChI=1S/C33H33ClN4O3S/c1-20-16-21(2)19-37(18-20)27-12-11-24(17-25(27)34)38-31(30(36-33(38)42)26-6-4-5-15-35-26)29-14-13-28(41-29)22-7-9-23(10-8-22)32(39)40-3/h4-15,17,20-21,30-31H,16,18-19H2,1-3H3,(H,36,42)/t20-,21+,30-,31-/m0/s1. The molecule has 0 radical (unpaired) electrons. The number of esters is 1. The Labute approximate surface area is 256 Å². The number of pyridine rings is 1. The van der Waals surface area contributed by atoms with Gasteiger partial charge < -0.3 is 24.3 Å². The molecule has 9 heteroatoms. The zero-order chi connectivity index (χ0) is 29.4. The van der Waals surface area contributed by atoms with Crippen LogP contribution in [0.15, 0.2) is 83.4 Å². The van der Waals surface area contributed by atoms with Gasteiger partial charge in [-0.15, -0.1) is 0 Å².